The number of likely N-dealkylation sites (tertiary alicyclic amines) is 1. The quantitative estimate of drug-likeness (QED) is 0.780. The van der Waals surface area contributed by atoms with Gasteiger partial charge in [-0.2, -0.15) is 0 Å². The number of carbonyl (C=O) groups excluding carboxylic acids is 1. The van der Waals surface area contributed by atoms with Crippen molar-refractivity contribution in [1.29, 1.82) is 0 Å². The third-order valence-corrected chi connectivity index (χ3v) is 4.49. The van der Waals surface area contributed by atoms with Crippen LogP contribution in [0.15, 0.2) is 0 Å². The second-order valence-electron chi connectivity index (χ2n) is 6.10. The van der Waals surface area contributed by atoms with E-state index in [1.54, 1.807) is 0 Å². The van der Waals surface area contributed by atoms with Crippen LogP contribution in [-0.4, -0.2) is 36.5 Å². The summed E-state index contributed by atoms with van der Waals surface area (Å²) in [6.45, 7) is 5.20. The number of nitrogens with one attached hydrogen (secondary N) is 1. The molecule has 1 aliphatic heterocycles. The molecule has 2 unspecified atom stereocenters. The Morgan fingerprint density at radius 1 is 1.11 bits per heavy atom. The van der Waals surface area contributed by atoms with Gasteiger partial charge in [0.25, 0.3) is 0 Å². The van der Waals surface area contributed by atoms with E-state index in [4.69, 9.17) is 0 Å². The normalized spacial score (nSPS) is 29.3. The van der Waals surface area contributed by atoms with Gasteiger partial charge in [-0.1, -0.05) is 19.8 Å². The molecule has 0 bridgehead atoms. The molecule has 2 atom stereocenters. The fourth-order valence-electron chi connectivity index (χ4n) is 3.20. The molecule has 0 aromatic heterocycles. The molecular formula is C15H28N2O. The van der Waals surface area contributed by atoms with Crippen LogP contribution >= 0.6 is 0 Å². The number of nitrogens with zero attached hydrogens (tertiary/aromatic N) is 1. The van der Waals surface area contributed by atoms with Crippen molar-refractivity contribution >= 4 is 5.91 Å². The van der Waals surface area contributed by atoms with Crippen LogP contribution < -0.4 is 5.32 Å². The first-order chi connectivity index (χ1) is 8.75. The predicted molar refractivity (Wildman–Crippen MR) is 74.5 cm³/mol. The maximum Gasteiger partial charge on any atom is 0.223 e. The van der Waals surface area contributed by atoms with E-state index >= 15 is 0 Å². The van der Waals surface area contributed by atoms with Gasteiger partial charge in [0.2, 0.25) is 5.91 Å². The molecule has 104 valence electrons. The van der Waals surface area contributed by atoms with Gasteiger partial charge in [-0.15, -0.1) is 0 Å². The summed E-state index contributed by atoms with van der Waals surface area (Å²) in [7, 11) is 0. The van der Waals surface area contributed by atoms with Crippen molar-refractivity contribution in [2.24, 2.45) is 5.92 Å². The van der Waals surface area contributed by atoms with Crippen molar-refractivity contribution < 1.29 is 4.79 Å². The lowest BCUT2D eigenvalue weighted by Crippen LogP contribution is -2.34. The van der Waals surface area contributed by atoms with E-state index in [9.17, 15) is 4.79 Å². The van der Waals surface area contributed by atoms with Crippen molar-refractivity contribution in [1.82, 2.24) is 10.2 Å². The van der Waals surface area contributed by atoms with Gasteiger partial charge in [0, 0.05) is 32.1 Å². The first-order valence-electron chi connectivity index (χ1n) is 7.77. The first-order valence-corrected chi connectivity index (χ1v) is 7.77. The minimum atomic E-state index is 0.349. The van der Waals surface area contributed by atoms with Crippen LogP contribution in [0.1, 0.15) is 58.3 Å². The maximum absolute atomic E-state index is 11.9. The Morgan fingerprint density at radius 3 is 2.67 bits per heavy atom. The van der Waals surface area contributed by atoms with Gasteiger partial charge in [-0.25, -0.2) is 0 Å². The standard InChI is InChI=1S/C15H28N2O/c1-13-5-4-6-14(8-7-13)16-10-9-15(18)17-11-2-3-12-17/h13-14,16H,2-12H2,1H3. The molecule has 0 radical (unpaired) electrons. The van der Waals surface area contributed by atoms with E-state index in [0.29, 0.717) is 18.4 Å². The molecule has 0 aromatic carbocycles. The highest BCUT2D eigenvalue weighted by molar-refractivity contribution is 5.76. The lowest BCUT2D eigenvalue weighted by Gasteiger charge is -2.18. The van der Waals surface area contributed by atoms with Crippen molar-refractivity contribution in [3.05, 3.63) is 0 Å². The third-order valence-electron chi connectivity index (χ3n) is 4.49. The van der Waals surface area contributed by atoms with Crippen molar-refractivity contribution in [3.63, 3.8) is 0 Å². The molecule has 0 aromatic rings. The second-order valence-corrected chi connectivity index (χ2v) is 6.10. The van der Waals surface area contributed by atoms with E-state index < -0.39 is 0 Å². The van der Waals surface area contributed by atoms with E-state index in [0.717, 1.165) is 25.6 Å². The Hall–Kier alpha value is -0.570. The van der Waals surface area contributed by atoms with Crippen LogP contribution in [-0.2, 0) is 4.79 Å². The van der Waals surface area contributed by atoms with Crippen LogP contribution in [0.4, 0.5) is 0 Å². The minimum Gasteiger partial charge on any atom is -0.343 e. The van der Waals surface area contributed by atoms with Crippen molar-refractivity contribution in [3.8, 4) is 0 Å². The maximum atomic E-state index is 11.9. The molecule has 18 heavy (non-hydrogen) atoms. The van der Waals surface area contributed by atoms with E-state index in [2.05, 4.69) is 12.2 Å². The van der Waals surface area contributed by atoms with Gasteiger partial charge < -0.3 is 10.2 Å². The van der Waals surface area contributed by atoms with E-state index in [1.165, 1.54) is 44.9 Å². The first kappa shape index (κ1) is 13.9. The molecule has 1 N–H and O–H groups in total. The highest BCUT2D eigenvalue weighted by Gasteiger charge is 2.19. The Morgan fingerprint density at radius 2 is 1.89 bits per heavy atom. The fraction of sp³-hybridized carbons (Fsp3) is 0.933. The second kappa shape index (κ2) is 7.13. The lowest BCUT2D eigenvalue weighted by atomic mass is 10.0. The van der Waals surface area contributed by atoms with Crippen LogP contribution in [0, 0.1) is 5.92 Å². The summed E-state index contributed by atoms with van der Waals surface area (Å²) in [5, 5.41) is 3.59. The molecule has 1 heterocycles. The van der Waals surface area contributed by atoms with Crippen LogP contribution in [0.5, 0.6) is 0 Å². The molecule has 2 fully saturated rings. The molecule has 1 saturated heterocycles. The highest BCUT2D eigenvalue weighted by atomic mass is 16.2. The number of carbonyl (C=O) groups is 1. The monoisotopic (exact) mass is 252 g/mol. The number of hydrogen-bond donors (Lipinski definition) is 1. The average molecular weight is 252 g/mol. The number of hydrogen-bond acceptors (Lipinski definition) is 2. The summed E-state index contributed by atoms with van der Waals surface area (Å²) >= 11 is 0. The van der Waals surface area contributed by atoms with Crippen molar-refractivity contribution in [2.45, 2.75) is 64.3 Å². The Bertz CT molecular complexity index is 261. The van der Waals surface area contributed by atoms with E-state index in [1.807, 2.05) is 4.90 Å². The zero-order valence-corrected chi connectivity index (χ0v) is 11.8. The summed E-state index contributed by atoms with van der Waals surface area (Å²) in [6.07, 6.45) is 9.73. The van der Waals surface area contributed by atoms with Crippen LogP contribution in [0.25, 0.3) is 0 Å². The Labute approximate surface area is 111 Å². The van der Waals surface area contributed by atoms with Gasteiger partial charge in [-0.05, 0) is 38.0 Å². The van der Waals surface area contributed by atoms with Gasteiger partial charge in [0.15, 0.2) is 0 Å². The zero-order valence-electron chi connectivity index (χ0n) is 11.8. The molecule has 1 saturated carbocycles. The molecule has 3 heteroatoms. The summed E-state index contributed by atoms with van der Waals surface area (Å²) in [4.78, 5) is 13.9. The molecule has 0 spiro atoms. The Kier molecular flexibility index (Phi) is 5.48. The van der Waals surface area contributed by atoms with Crippen molar-refractivity contribution in [2.75, 3.05) is 19.6 Å². The van der Waals surface area contributed by atoms with E-state index in [-0.39, 0.29) is 0 Å². The van der Waals surface area contributed by atoms with Gasteiger partial charge in [0.05, 0.1) is 0 Å². The molecule has 1 amide bonds. The smallest absolute Gasteiger partial charge is 0.223 e. The minimum absolute atomic E-state index is 0.349. The summed E-state index contributed by atoms with van der Waals surface area (Å²) in [5.74, 6) is 1.24. The lowest BCUT2D eigenvalue weighted by molar-refractivity contribution is -0.130. The number of rotatable bonds is 4. The Balaban J connectivity index is 1.60. The molecule has 1 aliphatic carbocycles. The molecular weight excluding hydrogens is 224 g/mol. The third kappa shape index (κ3) is 4.27. The summed E-state index contributed by atoms with van der Waals surface area (Å²) in [6, 6.07) is 0.654. The summed E-state index contributed by atoms with van der Waals surface area (Å²) < 4.78 is 0. The summed E-state index contributed by atoms with van der Waals surface area (Å²) in [5.41, 5.74) is 0. The van der Waals surface area contributed by atoms with Crippen LogP contribution in [0.3, 0.4) is 0 Å². The molecule has 2 rings (SSSR count). The molecule has 2 aliphatic rings. The predicted octanol–water partition coefficient (Wildman–Crippen LogP) is 2.56. The topological polar surface area (TPSA) is 32.3 Å². The fourth-order valence-corrected chi connectivity index (χ4v) is 3.20. The van der Waals surface area contributed by atoms with Gasteiger partial charge >= 0.3 is 0 Å². The molecule has 3 nitrogen and oxygen atoms in total. The van der Waals surface area contributed by atoms with Crippen LogP contribution in [0.2, 0.25) is 0 Å². The zero-order chi connectivity index (χ0) is 12.8. The van der Waals surface area contributed by atoms with Gasteiger partial charge in [0.1, 0.15) is 0 Å². The average Bonchev–Trinajstić information content (AvgIpc) is 2.81. The highest BCUT2D eigenvalue weighted by Crippen LogP contribution is 2.22. The number of amides is 1. The van der Waals surface area contributed by atoms with Gasteiger partial charge in [-0.3, -0.25) is 4.79 Å². The largest absolute Gasteiger partial charge is 0.343 e. The SMILES string of the molecule is CC1CCCC(NCCC(=O)N2CCCC2)CC1.